The van der Waals surface area contributed by atoms with E-state index in [0.717, 1.165) is 30.9 Å². The number of methoxy groups -OCH3 is 1. The second kappa shape index (κ2) is 13.1. The molecular formula is C25H32N2O2S. The van der Waals surface area contributed by atoms with Crippen molar-refractivity contribution in [2.24, 2.45) is 0 Å². The van der Waals surface area contributed by atoms with Crippen LogP contribution >= 0.6 is 11.3 Å². The van der Waals surface area contributed by atoms with Gasteiger partial charge in [-0.05, 0) is 66.6 Å². The Morgan fingerprint density at radius 2 is 2.13 bits per heavy atom. The molecule has 4 nitrogen and oxygen atoms in total. The molecule has 2 rings (SSSR count). The Morgan fingerprint density at radius 3 is 2.87 bits per heavy atom. The predicted molar refractivity (Wildman–Crippen MR) is 126 cm³/mol. The highest BCUT2D eigenvalue weighted by Gasteiger charge is 2.10. The van der Waals surface area contributed by atoms with E-state index in [1.54, 1.807) is 18.4 Å². The van der Waals surface area contributed by atoms with Crippen molar-refractivity contribution in [1.29, 1.82) is 0 Å². The van der Waals surface area contributed by atoms with Gasteiger partial charge in [-0.15, -0.1) is 0 Å². The van der Waals surface area contributed by atoms with E-state index < -0.39 is 5.60 Å². The average molecular weight is 425 g/mol. The van der Waals surface area contributed by atoms with Gasteiger partial charge in [0.1, 0.15) is 5.60 Å². The minimum atomic E-state index is -0.416. The van der Waals surface area contributed by atoms with Crippen LogP contribution in [-0.2, 0) is 22.6 Å². The topological polar surface area (TPSA) is 34.6 Å². The van der Waals surface area contributed by atoms with Crippen molar-refractivity contribution in [2.75, 3.05) is 26.8 Å². The van der Waals surface area contributed by atoms with Gasteiger partial charge in [0.15, 0.2) is 0 Å². The Labute approximate surface area is 185 Å². The summed E-state index contributed by atoms with van der Waals surface area (Å²) in [4.78, 5) is 6.83. The first kappa shape index (κ1) is 24.0. The second-order valence-corrected chi connectivity index (χ2v) is 8.12. The maximum absolute atomic E-state index is 5.77. The third kappa shape index (κ3) is 9.51. The molecule has 0 aromatic carbocycles. The zero-order valence-electron chi connectivity index (χ0n) is 18.4. The zero-order chi connectivity index (χ0) is 21.7. The number of thiophene rings is 1. The van der Waals surface area contributed by atoms with E-state index >= 15 is 0 Å². The maximum Gasteiger partial charge on any atom is 0.123 e. The molecule has 0 saturated carbocycles. The molecule has 0 fully saturated rings. The summed E-state index contributed by atoms with van der Waals surface area (Å²) in [6.45, 7) is 9.80. The van der Waals surface area contributed by atoms with Crippen molar-refractivity contribution in [2.45, 2.75) is 39.5 Å². The number of hydrogen-bond donors (Lipinski definition) is 0. The van der Waals surface area contributed by atoms with Crippen LogP contribution in [0.15, 0.2) is 53.4 Å². The van der Waals surface area contributed by atoms with E-state index in [1.807, 2.05) is 38.3 Å². The largest absolute Gasteiger partial charge is 0.373 e. The molecule has 2 aromatic heterocycles. The third-order valence-corrected chi connectivity index (χ3v) is 5.20. The normalized spacial score (nSPS) is 12.0. The minimum absolute atomic E-state index is 0.416. The van der Waals surface area contributed by atoms with Crippen LogP contribution in [0.5, 0.6) is 0 Å². The number of likely N-dealkylation sites (N-methyl/N-ethyl adjacent to an activating group) is 1. The van der Waals surface area contributed by atoms with Crippen LogP contribution in [0, 0.1) is 11.8 Å². The van der Waals surface area contributed by atoms with Gasteiger partial charge in [0.25, 0.3) is 0 Å². The maximum atomic E-state index is 5.77. The smallest absolute Gasteiger partial charge is 0.123 e. The molecule has 0 aliphatic heterocycles. The molecule has 30 heavy (non-hydrogen) atoms. The molecule has 0 atom stereocenters. The molecule has 160 valence electrons. The fraction of sp³-hybridized carbons (Fsp3) is 0.400. The SMILES string of the molecule is CCN(CC=CC#CC(C)(C)OC)Cc1cc(COCC=Cc2ccsc2)ccn1. The number of ether oxygens (including phenoxy) is 2. The van der Waals surface area contributed by atoms with Gasteiger partial charge in [-0.1, -0.05) is 37.0 Å². The average Bonchev–Trinajstić information content (AvgIpc) is 3.26. The van der Waals surface area contributed by atoms with Crippen molar-refractivity contribution < 1.29 is 9.47 Å². The quantitative estimate of drug-likeness (QED) is 0.368. The second-order valence-electron chi connectivity index (χ2n) is 7.34. The number of hydrogen-bond acceptors (Lipinski definition) is 5. The summed E-state index contributed by atoms with van der Waals surface area (Å²) in [5.74, 6) is 6.14. The monoisotopic (exact) mass is 424 g/mol. The molecule has 0 bridgehead atoms. The summed E-state index contributed by atoms with van der Waals surface area (Å²) in [6.07, 6.45) is 9.96. The number of rotatable bonds is 11. The molecule has 2 aromatic rings. The molecule has 0 aliphatic carbocycles. The summed E-state index contributed by atoms with van der Waals surface area (Å²) in [5, 5.41) is 4.19. The highest BCUT2D eigenvalue weighted by molar-refractivity contribution is 7.08. The summed E-state index contributed by atoms with van der Waals surface area (Å²) < 4.78 is 11.1. The Balaban J connectivity index is 1.79. The molecule has 0 saturated heterocycles. The Hall–Kier alpha value is -2.23. The van der Waals surface area contributed by atoms with Crippen LogP contribution in [0.3, 0.4) is 0 Å². The zero-order valence-corrected chi connectivity index (χ0v) is 19.2. The first-order valence-electron chi connectivity index (χ1n) is 10.2. The molecule has 0 unspecified atom stereocenters. The highest BCUT2D eigenvalue weighted by Crippen LogP contribution is 2.09. The van der Waals surface area contributed by atoms with Crippen LogP contribution in [0.25, 0.3) is 6.08 Å². The number of pyridine rings is 1. The van der Waals surface area contributed by atoms with E-state index in [-0.39, 0.29) is 0 Å². The number of nitrogens with zero attached hydrogens (tertiary/aromatic N) is 2. The standard InChI is InChI=1S/C25H32N2O2S/c1-5-27(15-8-6-7-13-25(2,3)28-4)19-24-18-23(11-14-26-24)20-29-16-9-10-22-12-17-30-21-22/h6,8-12,14,17-18,21H,5,15-16,19-20H2,1-4H3. The number of allylic oxidation sites excluding steroid dienone is 1. The molecule has 0 aliphatic rings. The molecule has 0 amide bonds. The summed E-state index contributed by atoms with van der Waals surface area (Å²) in [7, 11) is 1.67. The van der Waals surface area contributed by atoms with Gasteiger partial charge in [-0.25, -0.2) is 0 Å². The van der Waals surface area contributed by atoms with E-state index in [2.05, 4.69) is 63.7 Å². The summed E-state index contributed by atoms with van der Waals surface area (Å²) in [5.41, 5.74) is 2.99. The predicted octanol–water partition coefficient (Wildman–Crippen LogP) is 5.18. The Kier molecular flexibility index (Phi) is 10.5. The van der Waals surface area contributed by atoms with Crippen LogP contribution in [-0.4, -0.2) is 42.3 Å². The molecule has 0 radical (unpaired) electrons. The van der Waals surface area contributed by atoms with E-state index in [9.17, 15) is 0 Å². The van der Waals surface area contributed by atoms with E-state index in [0.29, 0.717) is 13.2 Å². The molecule has 0 spiro atoms. The van der Waals surface area contributed by atoms with Crippen LogP contribution in [0.1, 0.15) is 37.6 Å². The van der Waals surface area contributed by atoms with Crippen molar-refractivity contribution in [3.05, 3.63) is 70.2 Å². The van der Waals surface area contributed by atoms with Gasteiger partial charge in [0.2, 0.25) is 0 Å². The van der Waals surface area contributed by atoms with Crippen LogP contribution in [0.4, 0.5) is 0 Å². The first-order valence-corrected chi connectivity index (χ1v) is 11.1. The van der Waals surface area contributed by atoms with E-state index in [1.165, 1.54) is 5.56 Å². The summed E-state index contributed by atoms with van der Waals surface area (Å²) in [6, 6.07) is 6.23. The van der Waals surface area contributed by atoms with Gasteiger partial charge < -0.3 is 9.47 Å². The molecule has 0 N–H and O–H groups in total. The first-order chi connectivity index (χ1) is 14.5. The highest BCUT2D eigenvalue weighted by atomic mass is 32.1. The van der Waals surface area contributed by atoms with Gasteiger partial charge in [-0.2, -0.15) is 11.3 Å². The molecular weight excluding hydrogens is 392 g/mol. The van der Waals surface area contributed by atoms with Crippen molar-refractivity contribution in [1.82, 2.24) is 9.88 Å². The lowest BCUT2D eigenvalue weighted by atomic mass is 10.1. The van der Waals surface area contributed by atoms with Crippen LogP contribution in [0.2, 0.25) is 0 Å². The lowest BCUT2D eigenvalue weighted by molar-refractivity contribution is 0.0742. The van der Waals surface area contributed by atoms with Crippen molar-refractivity contribution in [3.63, 3.8) is 0 Å². The number of aromatic nitrogens is 1. The fourth-order valence-corrected chi connectivity index (χ4v) is 3.19. The van der Waals surface area contributed by atoms with Gasteiger partial charge in [0.05, 0.1) is 18.9 Å². The Morgan fingerprint density at radius 1 is 1.27 bits per heavy atom. The minimum Gasteiger partial charge on any atom is -0.373 e. The lowest BCUT2D eigenvalue weighted by Crippen LogP contribution is -2.23. The van der Waals surface area contributed by atoms with Gasteiger partial charge in [-0.3, -0.25) is 9.88 Å². The summed E-state index contributed by atoms with van der Waals surface area (Å²) >= 11 is 1.70. The van der Waals surface area contributed by atoms with Gasteiger partial charge in [0, 0.05) is 26.4 Å². The van der Waals surface area contributed by atoms with Crippen molar-refractivity contribution in [3.8, 4) is 11.8 Å². The molecule has 2 heterocycles. The molecule has 5 heteroatoms. The fourth-order valence-electron chi connectivity index (χ4n) is 2.56. The Bertz CT molecular complexity index is 861. The third-order valence-electron chi connectivity index (χ3n) is 4.50. The van der Waals surface area contributed by atoms with Crippen LogP contribution < -0.4 is 0 Å². The lowest BCUT2D eigenvalue weighted by Gasteiger charge is -2.18. The van der Waals surface area contributed by atoms with E-state index in [4.69, 9.17) is 9.47 Å². The van der Waals surface area contributed by atoms with Gasteiger partial charge >= 0.3 is 0 Å². The van der Waals surface area contributed by atoms with Crippen molar-refractivity contribution >= 4 is 17.4 Å².